The lowest BCUT2D eigenvalue weighted by molar-refractivity contribution is -0.108. The summed E-state index contributed by atoms with van der Waals surface area (Å²) in [6.45, 7) is 0.350. The van der Waals surface area contributed by atoms with Gasteiger partial charge in [0, 0.05) is 6.20 Å². The lowest BCUT2D eigenvalue weighted by Crippen LogP contribution is -1.98. The predicted molar refractivity (Wildman–Crippen MR) is 41.0 cm³/mol. The number of hydrogen-bond donors (Lipinski definition) is 0. The van der Waals surface area contributed by atoms with Gasteiger partial charge in [0.15, 0.2) is 0 Å². The van der Waals surface area contributed by atoms with Crippen molar-refractivity contribution >= 4 is 28.9 Å². The Morgan fingerprint density at radius 3 is 3.11 bits per heavy atom. The Kier molecular flexibility index (Phi) is 2.21. The Bertz CT molecular complexity index is 208. The fourth-order valence-corrected chi connectivity index (χ4v) is 0.953. The molecule has 0 atom stereocenters. The van der Waals surface area contributed by atoms with Gasteiger partial charge in [-0.25, -0.2) is 0 Å². The maximum atomic E-state index is 9.92. The van der Waals surface area contributed by atoms with Crippen LogP contribution in [0.3, 0.4) is 0 Å². The predicted octanol–water partition coefficient (Wildman–Crippen LogP) is 0.687. The van der Waals surface area contributed by atoms with Gasteiger partial charge in [-0.3, -0.25) is 4.68 Å². The second-order valence-corrected chi connectivity index (χ2v) is 2.63. The molecule has 0 aliphatic rings. The van der Waals surface area contributed by atoms with Crippen LogP contribution in [0.5, 0.6) is 0 Å². The van der Waals surface area contributed by atoms with Crippen LogP contribution in [-0.4, -0.2) is 16.1 Å². The average Bonchev–Trinajstić information content (AvgIpc) is 2.17. The van der Waals surface area contributed by atoms with E-state index in [0.717, 1.165) is 9.99 Å². The summed E-state index contributed by atoms with van der Waals surface area (Å²) in [4.78, 5) is 9.92. The van der Waals surface area contributed by atoms with Crippen LogP contribution in [0, 0.1) is 3.70 Å². The molecule has 0 bridgehead atoms. The molecule has 1 aromatic heterocycles. The van der Waals surface area contributed by atoms with E-state index in [1.807, 2.05) is 6.07 Å². The van der Waals surface area contributed by atoms with Crippen molar-refractivity contribution < 1.29 is 4.79 Å². The SMILES string of the molecule is O=CCn1ccc(I)n1. The van der Waals surface area contributed by atoms with Crippen molar-refractivity contribution in [2.24, 2.45) is 0 Å². The second-order valence-electron chi connectivity index (χ2n) is 1.53. The zero-order chi connectivity index (χ0) is 6.69. The van der Waals surface area contributed by atoms with Gasteiger partial charge in [-0.1, -0.05) is 0 Å². The molecule has 0 aliphatic heterocycles. The van der Waals surface area contributed by atoms with Gasteiger partial charge in [0.05, 0.1) is 6.54 Å². The molecule has 0 aliphatic carbocycles. The van der Waals surface area contributed by atoms with E-state index < -0.39 is 0 Å². The summed E-state index contributed by atoms with van der Waals surface area (Å²) in [6, 6.07) is 1.85. The van der Waals surface area contributed by atoms with Crippen LogP contribution in [-0.2, 0) is 11.3 Å². The van der Waals surface area contributed by atoms with E-state index in [2.05, 4.69) is 27.7 Å². The van der Waals surface area contributed by atoms with Crippen molar-refractivity contribution in [2.75, 3.05) is 0 Å². The normalized spacial score (nSPS) is 9.44. The maximum absolute atomic E-state index is 9.92. The van der Waals surface area contributed by atoms with E-state index in [4.69, 9.17) is 0 Å². The summed E-state index contributed by atoms with van der Waals surface area (Å²) >= 11 is 2.09. The number of aromatic nitrogens is 2. The van der Waals surface area contributed by atoms with Gasteiger partial charge in [0.25, 0.3) is 0 Å². The Labute approximate surface area is 66.2 Å². The molecule has 0 fully saturated rings. The van der Waals surface area contributed by atoms with Gasteiger partial charge in [-0.15, -0.1) is 0 Å². The smallest absolute Gasteiger partial charge is 0.141 e. The molecule has 1 heterocycles. The van der Waals surface area contributed by atoms with Crippen LogP contribution in [0.25, 0.3) is 0 Å². The summed E-state index contributed by atoms with van der Waals surface area (Å²) in [5.74, 6) is 0. The van der Waals surface area contributed by atoms with Gasteiger partial charge in [0.2, 0.25) is 0 Å². The average molecular weight is 236 g/mol. The minimum Gasteiger partial charge on any atom is -0.301 e. The van der Waals surface area contributed by atoms with Crippen LogP contribution in [0.15, 0.2) is 12.3 Å². The van der Waals surface area contributed by atoms with Crippen molar-refractivity contribution in [3.05, 3.63) is 16.0 Å². The fraction of sp³-hybridized carbons (Fsp3) is 0.200. The van der Waals surface area contributed by atoms with E-state index >= 15 is 0 Å². The van der Waals surface area contributed by atoms with E-state index in [9.17, 15) is 4.79 Å². The van der Waals surface area contributed by atoms with Gasteiger partial charge in [-0.05, 0) is 28.7 Å². The van der Waals surface area contributed by atoms with Crippen LogP contribution in [0.2, 0.25) is 0 Å². The lowest BCUT2D eigenvalue weighted by Gasteiger charge is -1.87. The minimum atomic E-state index is 0.350. The van der Waals surface area contributed by atoms with E-state index in [0.29, 0.717) is 6.54 Å². The van der Waals surface area contributed by atoms with Crippen molar-refractivity contribution in [1.29, 1.82) is 0 Å². The van der Waals surface area contributed by atoms with Crippen molar-refractivity contribution in [3.63, 3.8) is 0 Å². The molecule has 0 amide bonds. The van der Waals surface area contributed by atoms with E-state index in [1.54, 1.807) is 10.9 Å². The first kappa shape index (κ1) is 6.73. The lowest BCUT2D eigenvalue weighted by atomic mass is 10.7. The van der Waals surface area contributed by atoms with Crippen LogP contribution >= 0.6 is 22.6 Å². The molecule has 0 unspecified atom stereocenters. The molecular formula is C5H5IN2O. The zero-order valence-corrected chi connectivity index (χ0v) is 6.78. The monoisotopic (exact) mass is 236 g/mol. The molecule has 0 spiro atoms. The first-order chi connectivity index (χ1) is 4.33. The highest BCUT2D eigenvalue weighted by Gasteiger charge is 1.90. The minimum absolute atomic E-state index is 0.350. The Balaban J connectivity index is 2.72. The fourth-order valence-electron chi connectivity index (χ4n) is 0.515. The third kappa shape index (κ3) is 1.78. The third-order valence-corrected chi connectivity index (χ3v) is 1.45. The molecular weight excluding hydrogens is 231 g/mol. The van der Waals surface area contributed by atoms with Crippen LogP contribution < -0.4 is 0 Å². The van der Waals surface area contributed by atoms with Crippen molar-refractivity contribution in [1.82, 2.24) is 9.78 Å². The molecule has 1 rings (SSSR count). The molecule has 48 valence electrons. The molecule has 0 aromatic carbocycles. The Morgan fingerprint density at radius 2 is 2.67 bits per heavy atom. The number of carbonyl (C=O) groups is 1. The van der Waals surface area contributed by atoms with Crippen molar-refractivity contribution in [2.45, 2.75) is 6.54 Å². The van der Waals surface area contributed by atoms with Crippen LogP contribution in [0.1, 0.15) is 0 Å². The summed E-state index contributed by atoms with van der Waals surface area (Å²) in [6.07, 6.45) is 2.60. The maximum Gasteiger partial charge on any atom is 0.141 e. The molecule has 0 saturated carbocycles. The standard InChI is InChI=1S/C5H5IN2O/c6-5-1-2-8(7-5)3-4-9/h1-2,4H,3H2. The quantitative estimate of drug-likeness (QED) is 0.559. The van der Waals surface area contributed by atoms with Crippen LogP contribution in [0.4, 0.5) is 0 Å². The highest BCUT2D eigenvalue weighted by molar-refractivity contribution is 14.1. The second kappa shape index (κ2) is 2.95. The Hall–Kier alpha value is -0.390. The molecule has 0 saturated heterocycles. The topological polar surface area (TPSA) is 34.9 Å². The number of carbonyl (C=O) groups excluding carboxylic acids is 1. The summed E-state index contributed by atoms with van der Waals surface area (Å²) in [5.41, 5.74) is 0. The Morgan fingerprint density at radius 1 is 1.89 bits per heavy atom. The van der Waals surface area contributed by atoms with Crippen molar-refractivity contribution in [3.8, 4) is 0 Å². The third-order valence-electron chi connectivity index (χ3n) is 0.870. The van der Waals surface area contributed by atoms with Gasteiger partial charge < -0.3 is 4.79 Å². The largest absolute Gasteiger partial charge is 0.301 e. The zero-order valence-electron chi connectivity index (χ0n) is 4.62. The number of halogens is 1. The van der Waals surface area contributed by atoms with Gasteiger partial charge in [0.1, 0.15) is 9.99 Å². The molecule has 0 radical (unpaired) electrons. The number of hydrogen-bond acceptors (Lipinski definition) is 2. The molecule has 1 aromatic rings. The van der Waals surface area contributed by atoms with E-state index in [1.165, 1.54) is 0 Å². The summed E-state index contributed by atoms with van der Waals surface area (Å²) < 4.78 is 2.50. The van der Waals surface area contributed by atoms with Gasteiger partial charge >= 0.3 is 0 Å². The highest BCUT2D eigenvalue weighted by Crippen LogP contribution is 1.97. The molecule has 9 heavy (non-hydrogen) atoms. The highest BCUT2D eigenvalue weighted by atomic mass is 127. The van der Waals surface area contributed by atoms with Gasteiger partial charge in [-0.2, -0.15) is 5.10 Å². The molecule has 0 N–H and O–H groups in total. The summed E-state index contributed by atoms with van der Waals surface area (Å²) in [7, 11) is 0. The summed E-state index contributed by atoms with van der Waals surface area (Å²) in [5, 5.41) is 3.97. The first-order valence-corrected chi connectivity index (χ1v) is 3.53. The van der Waals surface area contributed by atoms with E-state index in [-0.39, 0.29) is 0 Å². The molecule has 3 nitrogen and oxygen atoms in total. The number of aldehydes is 1. The first-order valence-electron chi connectivity index (χ1n) is 2.45. The number of rotatable bonds is 2. The number of nitrogens with zero attached hydrogens (tertiary/aromatic N) is 2. The molecule has 4 heteroatoms.